The van der Waals surface area contributed by atoms with E-state index in [4.69, 9.17) is 9.47 Å². The van der Waals surface area contributed by atoms with E-state index >= 15 is 0 Å². The smallest absolute Gasteiger partial charge is 0.291 e. The first-order valence-corrected chi connectivity index (χ1v) is 7.83. The molecule has 0 spiro atoms. The minimum Gasteiger partial charge on any atom is -0.449 e. The van der Waals surface area contributed by atoms with Crippen molar-refractivity contribution in [3.05, 3.63) is 47.2 Å². The van der Waals surface area contributed by atoms with Crippen LogP contribution in [0.25, 0.3) is 0 Å². The summed E-state index contributed by atoms with van der Waals surface area (Å²) < 4.78 is 11.4. The lowest BCUT2D eigenvalue weighted by Crippen LogP contribution is -2.63. The summed E-state index contributed by atoms with van der Waals surface area (Å²) in [5.41, 5.74) is 1.70. The molecular weight excluding hydrogens is 300 g/mol. The number of benzene rings is 1. The number of hydrogen-bond donors (Lipinski definition) is 2. The van der Waals surface area contributed by atoms with E-state index in [0.717, 1.165) is 5.56 Å². The van der Waals surface area contributed by atoms with Crippen LogP contribution < -0.4 is 5.32 Å². The quantitative estimate of drug-likeness (QED) is 0.829. The normalized spacial score (nSPS) is 26.5. The SMILES string of the molecule is CC1=C(Cc2ccccc2)OC(S)(N2CCOCC2)NC1=O. The van der Waals surface area contributed by atoms with Crippen molar-refractivity contribution in [3.63, 3.8) is 0 Å². The zero-order valence-electron chi connectivity index (χ0n) is 12.5. The molecular formula is C16H20N2O3S. The topological polar surface area (TPSA) is 50.8 Å². The molecule has 0 saturated carbocycles. The zero-order valence-corrected chi connectivity index (χ0v) is 13.4. The molecule has 1 unspecified atom stereocenters. The van der Waals surface area contributed by atoms with E-state index < -0.39 is 5.18 Å². The number of thiol groups is 1. The molecule has 0 aromatic heterocycles. The molecule has 1 aromatic carbocycles. The molecule has 6 heteroatoms. The van der Waals surface area contributed by atoms with Gasteiger partial charge in [-0.05, 0) is 12.5 Å². The summed E-state index contributed by atoms with van der Waals surface area (Å²) >= 11 is 4.60. The number of nitrogens with one attached hydrogen (secondary N) is 1. The fourth-order valence-corrected chi connectivity index (χ4v) is 3.01. The largest absolute Gasteiger partial charge is 0.449 e. The van der Waals surface area contributed by atoms with Gasteiger partial charge in [0, 0.05) is 19.5 Å². The maximum Gasteiger partial charge on any atom is 0.291 e. The number of ether oxygens (including phenoxy) is 2. The molecule has 2 heterocycles. The first kappa shape index (κ1) is 15.4. The molecule has 1 atom stereocenters. The Morgan fingerprint density at radius 1 is 1.27 bits per heavy atom. The molecule has 2 aliphatic rings. The van der Waals surface area contributed by atoms with E-state index in [-0.39, 0.29) is 5.91 Å². The fourth-order valence-electron chi connectivity index (χ4n) is 2.60. The van der Waals surface area contributed by atoms with Crippen LogP contribution in [0, 0.1) is 0 Å². The van der Waals surface area contributed by atoms with Crippen molar-refractivity contribution in [2.24, 2.45) is 0 Å². The molecule has 0 bridgehead atoms. The molecule has 1 saturated heterocycles. The number of allylic oxidation sites excluding steroid dienone is 1. The predicted molar refractivity (Wildman–Crippen MR) is 86.2 cm³/mol. The van der Waals surface area contributed by atoms with Crippen molar-refractivity contribution in [1.82, 2.24) is 10.2 Å². The summed E-state index contributed by atoms with van der Waals surface area (Å²) in [6.07, 6.45) is 0.576. The zero-order chi connectivity index (χ0) is 15.6. The van der Waals surface area contributed by atoms with Crippen LogP contribution in [0.4, 0.5) is 0 Å². The van der Waals surface area contributed by atoms with Gasteiger partial charge in [0.2, 0.25) is 0 Å². The van der Waals surface area contributed by atoms with Gasteiger partial charge in [-0.1, -0.05) is 43.0 Å². The minimum absolute atomic E-state index is 0.140. The standard InChI is InChI=1S/C16H20N2O3S/c1-12-14(11-13-5-3-2-4-6-13)21-16(22,17-15(12)19)18-7-9-20-10-8-18/h2-6,22H,7-11H2,1H3,(H,17,19). The number of hydrogen-bond acceptors (Lipinski definition) is 5. The average molecular weight is 320 g/mol. The van der Waals surface area contributed by atoms with Crippen LogP contribution in [0.15, 0.2) is 41.7 Å². The van der Waals surface area contributed by atoms with Crippen LogP contribution in [0.3, 0.4) is 0 Å². The van der Waals surface area contributed by atoms with E-state index in [1.807, 2.05) is 35.2 Å². The third-order valence-electron chi connectivity index (χ3n) is 3.95. The summed E-state index contributed by atoms with van der Waals surface area (Å²) in [5, 5.41) is 1.74. The van der Waals surface area contributed by atoms with Gasteiger partial charge in [0.1, 0.15) is 5.76 Å². The fraction of sp³-hybridized carbons (Fsp3) is 0.438. The lowest BCUT2D eigenvalue weighted by Gasteiger charge is -2.44. The monoisotopic (exact) mass is 320 g/mol. The summed E-state index contributed by atoms with van der Waals surface area (Å²) in [7, 11) is 0. The lowest BCUT2D eigenvalue weighted by molar-refractivity contribution is -0.146. The van der Waals surface area contributed by atoms with E-state index in [1.54, 1.807) is 6.92 Å². The number of amides is 1. The van der Waals surface area contributed by atoms with Gasteiger partial charge in [0.05, 0.1) is 18.8 Å². The van der Waals surface area contributed by atoms with Crippen LogP contribution in [-0.4, -0.2) is 42.3 Å². The van der Waals surface area contributed by atoms with E-state index in [0.29, 0.717) is 44.1 Å². The predicted octanol–water partition coefficient (Wildman–Crippen LogP) is 1.52. The molecule has 0 aliphatic carbocycles. The molecule has 2 aliphatic heterocycles. The average Bonchev–Trinajstić information content (AvgIpc) is 2.54. The third kappa shape index (κ3) is 3.14. The van der Waals surface area contributed by atoms with Gasteiger partial charge < -0.3 is 9.47 Å². The lowest BCUT2D eigenvalue weighted by atomic mass is 10.1. The second kappa shape index (κ2) is 6.32. The summed E-state index contributed by atoms with van der Waals surface area (Å²) in [6, 6.07) is 9.96. The van der Waals surface area contributed by atoms with Crippen LogP contribution in [0.5, 0.6) is 0 Å². The van der Waals surface area contributed by atoms with Gasteiger partial charge >= 0.3 is 0 Å². The van der Waals surface area contributed by atoms with Gasteiger partial charge in [-0.3, -0.25) is 10.1 Å². The Kier molecular flexibility index (Phi) is 4.42. The maximum atomic E-state index is 12.3. The molecule has 5 nitrogen and oxygen atoms in total. The number of nitrogens with zero attached hydrogens (tertiary/aromatic N) is 1. The minimum atomic E-state index is -1.11. The van der Waals surface area contributed by atoms with E-state index in [2.05, 4.69) is 17.9 Å². The highest BCUT2D eigenvalue weighted by atomic mass is 32.1. The third-order valence-corrected chi connectivity index (χ3v) is 4.43. The molecule has 3 rings (SSSR count). The van der Waals surface area contributed by atoms with Crippen LogP contribution in [0.1, 0.15) is 12.5 Å². The van der Waals surface area contributed by atoms with Crippen molar-refractivity contribution < 1.29 is 14.3 Å². The number of rotatable bonds is 3. The van der Waals surface area contributed by atoms with Crippen LogP contribution >= 0.6 is 12.6 Å². The van der Waals surface area contributed by atoms with Crippen molar-refractivity contribution in [2.75, 3.05) is 26.3 Å². The van der Waals surface area contributed by atoms with Crippen molar-refractivity contribution >= 4 is 18.5 Å². The maximum absolute atomic E-state index is 12.3. The van der Waals surface area contributed by atoms with Gasteiger partial charge in [0.25, 0.3) is 11.1 Å². The first-order valence-electron chi connectivity index (χ1n) is 7.39. The molecule has 1 fully saturated rings. The Bertz CT molecular complexity index is 584. The Morgan fingerprint density at radius 2 is 1.95 bits per heavy atom. The van der Waals surface area contributed by atoms with Gasteiger partial charge in [-0.2, -0.15) is 0 Å². The highest BCUT2D eigenvalue weighted by molar-refractivity contribution is 7.81. The summed E-state index contributed by atoms with van der Waals surface area (Å²) in [4.78, 5) is 14.3. The summed E-state index contributed by atoms with van der Waals surface area (Å²) in [6.45, 7) is 4.33. The summed E-state index contributed by atoms with van der Waals surface area (Å²) in [5.74, 6) is 0.523. The van der Waals surface area contributed by atoms with Gasteiger partial charge in [-0.25, -0.2) is 4.90 Å². The second-order valence-corrected chi connectivity index (χ2v) is 6.08. The molecule has 0 radical (unpaired) electrons. The van der Waals surface area contributed by atoms with E-state index in [9.17, 15) is 4.79 Å². The number of carbonyl (C=O) groups is 1. The number of carbonyl (C=O) groups excluding carboxylic acids is 1. The van der Waals surface area contributed by atoms with Crippen LogP contribution in [-0.2, 0) is 20.7 Å². The van der Waals surface area contributed by atoms with Gasteiger partial charge in [-0.15, -0.1) is 0 Å². The molecule has 1 N–H and O–H groups in total. The molecule has 22 heavy (non-hydrogen) atoms. The van der Waals surface area contributed by atoms with Crippen LogP contribution in [0.2, 0.25) is 0 Å². The number of morpholine rings is 1. The van der Waals surface area contributed by atoms with Crippen molar-refractivity contribution in [1.29, 1.82) is 0 Å². The van der Waals surface area contributed by atoms with Crippen molar-refractivity contribution in [3.8, 4) is 0 Å². The molecule has 118 valence electrons. The Morgan fingerprint density at radius 3 is 2.64 bits per heavy atom. The van der Waals surface area contributed by atoms with Crippen molar-refractivity contribution in [2.45, 2.75) is 18.5 Å². The van der Waals surface area contributed by atoms with E-state index in [1.165, 1.54) is 0 Å². The Balaban J connectivity index is 1.82. The highest BCUT2D eigenvalue weighted by Crippen LogP contribution is 2.30. The molecule has 1 aromatic rings. The Hall–Kier alpha value is -1.50. The second-order valence-electron chi connectivity index (χ2n) is 5.47. The Labute approximate surface area is 135 Å². The first-order chi connectivity index (χ1) is 10.6. The molecule has 1 amide bonds. The highest BCUT2D eigenvalue weighted by Gasteiger charge is 2.42. The van der Waals surface area contributed by atoms with Gasteiger partial charge in [0.15, 0.2) is 0 Å².